The smallest absolute Gasteiger partial charge is 0.352 e. The summed E-state index contributed by atoms with van der Waals surface area (Å²) in [6.45, 7) is 5.10. The number of guanidine groups is 1. The Balaban J connectivity index is 1.53. The van der Waals surface area contributed by atoms with Crippen molar-refractivity contribution in [1.82, 2.24) is 25.4 Å². The Morgan fingerprint density at radius 1 is 1.37 bits per heavy atom. The van der Waals surface area contributed by atoms with Crippen LogP contribution in [0.25, 0.3) is 0 Å². The SMILES string of the molecule is CN=C(NCC#Cc1cccc(C(F)(F)F)c1)NC1CCc2nc(C(C)C)nn2C1. The third kappa shape index (κ3) is 5.53. The third-order valence-electron chi connectivity index (χ3n) is 4.72. The van der Waals surface area contributed by atoms with Crippen molar-refractivity contribution in [3.05, 3.63) is 47.0 Å². The Labute approximate surface area is 174 Å². The van der Waals surface area contributed by atoms with Gasteiger partial charge in [0.1, 0.15) is 5.82 Å². The number of aryl methyl sites for hydroxylation is 1. The average molecular weight is 418 g/mol. The molecule has 0 saturated carbocycles. The Morgan fingerprint density at radius 3 is 2.87 bits per heavy atom. The van der Waals surface area contributed by atoms with Crippen molar-refractivity contribution in [2.24, 2.45) is 4.99 Å². The van der Waals surface area contributed by atoms with Crippen LogP contribution in [0.5, 0.6) is 0 Å². The van der Waals surface area contributed by atoms with E-state index in [2.05, 4.69) is 51.4 Å². The maximum absolute atomic E-state index is 12.8. The van der Waals surface area contributed by atoms with E-state index in [1.165, 1.54) is 6.07 Å². The predicted octanol–water partition coefficient (Wildman–Crippen LogP) is 2.95. The zero-order valence-electron chi connectivity index (χ0n) is 17.2. The van der Waals surface area contributed by atoms with Gasteiger partial charge in [-0.1, -0.05) is 31.8 Å². The number of halogens is 3. The Morgan fingerprint density at radius 2 is 2.17 bits per heavy atom. The lowest BCUT2D eigenvalue weighted by atomic mass is 10.1. The lowest BCUT2D eigenvalue weighted by Crippen LogP contribution is -2.47. The van der Waals surface area contributed by atoms with Crippen LogP contribution in [0.4, 0.5) is 13.2 Å². The van der Waals surface area contributed by atoms with Crippen molar-refractivity contribution in [2.75, 3.05) is 13.6 Å². The summed E-state index contributed by atoms with van der Waals surface area (Å²) in [6.07, 6.45) is -2.63. The van der Waals surface area contributed by atoms with Crippen molar-refractivity contribution >= 4 is 5.96 Å². The highest BCUT2D eigenvalue weighted by molar-refractivity contribution is 5.80. The average Bonchev–Trinajstić information content (AvgIpc) is 3.13. The molecule has 0 bridgehead atoms. The Kier molecular flexibility index (Phi) is 6.65. The van der Waals surface area contributed by atoms with Crippen LogP contribution in [0.15, 0.2) is 29.3 Å². The molecule has 9 heteroatoms. The molecule has 1 unspecified atom stereocenters. The van der Waals surface area contributed by atoms with Gasteiger partial charge in [0.25, 0.3) is 0 Å². The van der Waals surface area contributed by atoms with Crippen LogP contribution < -0.4 is 10.6 Å². The van der Waals surface area contributed by atoms with Crippen LogP contribution in [0, 0.1) is 11.8 Å². The zero-order valence-corrected chi connectivity index (χ0v) is 17.2. The van der Waals surface area contributed by atoms with Gasteiger partial charge < -0.3 is 10.6 Å². The molecule has 1 aromatic heterocycles. The zero-order chi connectivity index (χ0) is 21.7. The van der Waals surface area contributed by atoms with Gasteiger partial charge in [-0.15, -0.1) is 0 Å². The molecule has 6 nitrogen and oxygen atoms in total. The van der Waals surface area contributed by atoms with Crippen LogP contribution in [0.2, 0.25) is 0 Å². The van der Waals surface area contributed by atoms with Crippen molar-refractivity contribution in [3.63, 3.8) is 0 Å². The molecular weight excluding hydrogens is 393 g/mol. The topological polar surface area (TPSA) is 67.1 Å². The highest BCUT2D eigenvalue weighted by Gasteiger charge is 2.30. The van der Waals surface area contributed by atoms with Crippen LogP contribution in [0.3, 0.4) is 0 Å². The highest BCUT2D eigenvalue weighted by atomic mass is 19.4. The first-order chi connectivity index (χ1) is 14.3. The minimum atomic E-state index is -4.37. The largest absolute Gasteiger partial charge is 0.416 e. The van der Waals surface area contributed by atoms with E-state index in [9.17, 15) is 13.2 Å². The van der Waals surface area contributed by atoms with Gasteiger partial charge in [0.2, 0.25) is 0 Å². The van der Waals surface area contributed by atoms with E-state index in [1.807, 2.05) is 4.68 Å². The fourth-order valence-corrected chi connectivity index (χ4v) is 3.13. The van der Waals surface area contributed by atoms with Crippen LogP contribution in [0.1, 0.15) is 49.0 Å². The molecule has 1 aliphatic heterocycles. The number of nitrogens with one attached hydrogen (secondary N) is 2. The molecule has 2 heterocycles. The molecule has 1 atom stereocenters. The highest BCUT2D eigenvalue weighted by Crippen LogP contribution is 2.29. The summed E-state index contributed by atoms with van der Waals surface area (Å²) in [5, 5.41) is 11.0. The van der Waals surface area contributed by atoms with Crippen molar-refractivity contribution in [3.8, 4) is 11.8 Å². The molecule has 160 valence electrons. The van der Waals surface area contributed by atoms with Gasteiger partial charge in [-0.25, -0.2) is 9.67 Å². The number of benzene rings is 1. The minimum absolute atomic E-state index is 0.154. The Hall–Kier alpha value is -3.02. The maximum atomic E-state index is 12.8. The molecule has 0 saturated heterocycles. The predicted molar refractivity (Wildman–Crippen MR) is 109 cm³/mol. The summed E-state index contributed by atoms with van der Waals surface area (Å²) in [5.74, 6) is 8.33. The van der Waals surface area contributed by atoms with E-state index in [0.717, 1.165) is 36.6 Å². The number of rotatable bonds is 3. The minimum Gasteiger partial charge on any atom is -0.352 e. The normalized spacial score (nSPS) is 16.6. The first-order valence-corrected chi connectivity index (χ1v) is 9.83. The molecule has 30 heavy (non-hydrogen) atoms. The monoisotopic (exact) mass is 418 g/mol. The van der Waals surface area contributed by atoms with E-state index >= 15 is 0 Å². The summed E-state index contributed by atoms with van der Waals surface area (Å²) in [7, 11) is 1.66. The third-order valence-corrected chi connectivity index (χ3v) is 4.72. The molecule has 2 N–H and O–H groups in total. The molecule has 0 fully saturated rings. The molecular formula is C21H25F3N6. The number of alkyl halides is 3. The molecule has 1 aliphatic rings. The molecule has 0 spiro atoms. The lowest BCUT2D eigenvalue weighted by Gasteiger charge is -2.25. The quantitative estimate of drug-likeness (QED) is 0.457. The molecule has 0 aliphatic carbocycles. The molecule has 2 aromatic rings. The van der Waals surface area contributed by atoms with Gasteiger partial charge in [0.05, 0.1) is 18.7 Å². The summed E-state index contributed by atoms with van der Waals surface area (Å²) in [5.41, 5.74) is -0.383. The standard InChI is InChI=1S/C21H25F3N6/c1-14(2)19-28-18-10-9-17(13-30(18)29-19)27-20(25-3)26-11-5-7-15-6-4-8-16(12-15)21(22,23)24/h4,6,8,12,14,17H,9-11,13H2,1-3H3,(H2,25,26,27). The second-order valence-electron chi connectivity index (χ2n) is 7.41. The number of fused-ring (bicyclic) bond motifs is 1. The number of aliphatic imine (C=N–C) groups is 1. The first kappa shape index (κ1) is 21.7. The van der Waals surface area contributed by atoms with E-state index in [1.54, 1.807) is 13.1 Å². The van der Waals surface area contributed by atoms with Crippen LogP contribution in [-0.2, 0) is 19.1 Å². The van der Waals surface area contributed by atoms with E-state index in [-0.39, 0.29) is 12.6 Å². The van der Waals surface area contributed by atoms with Gasteiger partial charge in [-0.3, -0.25) is 4.99 Å². The van der Waals surface area contributed by atoms with Gasteiger partial charge in [0.15, 0.2) is 11.8 Å². The van der Waals surface area contributed by atoms with Gasteiger partial charge in [-0.05, 0) is 24.6 Å². The second kappa shape index (κ2) is 9.20. The number of hydrogen-bond acceptors (Lipinski definition) is 3. The number of nitrogens with zero attached hydrogens (tertiary/aromatic N) is 4. The van der Waals surface area contributed by atoms with Crippen molar-refractivity contribution in [1.29, 1.82) is 0 Å². The Bertz CT molecular complexity index is 965. The fraction of sp³-hybridized carbons (Fsp3) is 0.476. The van der Waals surface area contributed by atoms with Crippen LogP contribution in [-0.4, -0.2) is 40.4 Å². The molecule has 1 aromatic carbocycles. The summed E-state index contributed by atoms with van der Waals surface area (Å²) in [6, 6.07) is 5.14. The summed E-state index contributed by atoms with van der Waals surface area (Å²) in [4.78, 5) is 8.78. The first-order valence-electron chi connectivity index (χ1n) is 9.83. The van der Waals surface area contributed by atoms with Gasteiger partial charge in [-0.2, -0.15) is 18.3 Å². The van der Waals surface area contributed by atoms with Gasteiger partial charge >= 0.3 is 6.18 Å². The van der Waals surface area contributed by atoms with E-state index in [0.29, 0.717) is 24.0 Å². The second-order valence-corrected chi connectivity index (χ2v) is 7.41. The molecule has 0 radical (unpaired) electrons. The maximum Gasteiger partial charge on any atom is 0.416 e. The summed E-state index contributed by atoms with van der Waals surface area (Å²) < 4.78 is 40.2. The van der Waals surface area contributed by atoms with Crippen LogP contribution >= 0.6 is 0 Å². The van der Waals surface area contributed by atoms with E-state index in [4.69, 9.17) is 0 Å². The van der Waals surface area contributed by atoms with Crippen molar-refractivity contribution in [2.45, 2.75) is 51.4 Å². The number of hydrogen-bond donors (Lipinski definition) is 2. The fourth-order valence-electron chi connectivity index (χ4n) is 3.13. The molecule has 0 amide bonds. The molecule has 3 rings (SSSR count). The van der Waals surface area contributed by atoms with E-state index < -0.39 is 11.7 Å². The summed E-state index contributed by atoms with van der Waals surface area (Å²) >= 11 is 0. The lowest BCUT2D eigenvalue weighted by molar-refractivity contribution is -0.137. The number of aromatic nitrogens is 3. The van der Waals surface area contributed by atoms with Gasteiger partial charge in [0, 0.05) is 31.0 Å². The van der Waals surface area contributed by atoms with Crippen molar-refractivity contribution < 1.29 is 13.2 Å².